The topological polar surface area (TPSA) is 47.6 Å². The first-order valence-electron chi connectivity index (χ1n) is 7.40. The Morgan fingerprint density at radius 1 is 1.21 bits per heavy atom. The van der Waals surface area contributed by atoms with Gasteiger partial charge in [-0.25, -0.2) is 0 Å². The number of amides is 1. The molecule has 0 fully saturated rings. The van der Waals surface area contributed by atoms with Crippen molar-refractivity contribution in [3.05, 3.63) is 54.1 Å². The van der Waals surface area contributed by atoms with Crippen LogP contribution >= 0.6 is 11.8 Å². The van der Waals surface area contributed by atoms with Gasteiger partial charge in [-0.3, -0.25) is 4.79 Å². The van der Waals surface area contributed by atoms with Gasteiger partial charge in [-0.1, -0.05) is 36.3 Å². The second-order valence-corrected chi connectivity index (χ2v) is 5.91. The molecule has 0 atom stereocenters. The maximum atomic E-state index is 11.9. The van der Waals surface area contributed by atoms with Gasteiger partial charge in [-0.05, 0) is 23.8 Å². The molecule has 0 aromatic heterocycles. The van der Waals surface area contributed by atoms with E-state index in [0.29, 0.717) is 23.8 Å². The minimum Gasteiger partial charge on any atom is -0.493 e. The third-order valence-corrected chi connectivity index (χ3v) is 4.14. The van der Waals surface area contributed by atoms with E-state index in [1.165, 1.54) is 11.8 Å². The molecule has 2 aromatic carbocycles. The molecule has 0 heterocycles. The highest BCUT2D eigenvalue weighted by Crippen LogP contribution is 2.32. The van der Waals surface area contributed by atoms with E-state index in [4.69, 9.17) is 15.9 Å². The fraction of sp³-hybridized carbons (Fsp3) is 0.211. The van der Waals surface area contributed by atoms with Crippen molar-refractivity contribution in [2.75, 3.05) is 19.5 Å². The third kappa shape index (κ3) is 5.56. The summed E-state index contributed by atoms with van der Waals surface area (Å²) in [6, 6.07) is 15.3. The van der Waals surface area contributed by atoms with Crippen LogP contribution in [0.4, 0.5) is 0 Å². The number of terminal acetylenes is 1. The van der Waals surface area contributed by atoms with Crippen molar-refractivity contribution in [1.29, 1.82) is 0 Å². The van der Waals surface area contributed by atoms with Gasteiger partial charge in [0.15, 0.2) is 11.5 Å². The molecule has 0 spiro atoms. The number of benzene rings is 2. The van der Waals surface area contributed by atoms with Gasteiger partial charge in [0.1, 0.15) is 6.61 Å². The summed E-state index contributed by atoms with van der Waals surface area (Å²) in [4.78, 5) is 12.9. The van der Waals surface area contributed by atoms with E-state index in [-0.39, 0.29) is 12.5 Å². The number of ether oxygens (including phenoxy) is 2. The molecule has 0 aliphatic heterocycles. The van der Waals surface area contributed by atoms with Crippen LogP contribution in [0.25, 0.3) is 0 Å². The van der Waals surface area contributed by atoms with E-state index in [0.717, 1.165) is 10.5 Å². The molecule has 124 valence electrons. The summed E-state index contributed by atoms with van der Waals surface area (Å²) in [6.07, 6.45) is 5.18. The average Bonchev–Trinajstić information content (AvgIpc) is 2.64. The molecule has 5 heteroatoms. The lowest BCUT2D eigenvalue weighted by Crippen LogP contribution is -2.24. The van der Waals surface area contributed by atoms with Crippen LogP contribution in [0.3, 0.4) is 0 Å². The normalized spacial score (nSPS) is 9.83. The minimum absolute atomic E-state index is 0.0181. The van der Waals surface area contributed by atoms with Crippen molar-refractivity contribution >= 4 is 17.7 Å². The Balaban J connectivity index is 1.85. The largest absolute Gasteiger partial charge is 0.493 e. The van der Waals surface area contributed by atoms with Crippen LogP contribution in [0.5, 0.6) is 11.5 Å². The van der Waals surface area contributed by atoms with Crippen molar-refractivity contribution < 1.29 is 14.3 Å². The first kappa shape index (κ1) is 17.8. The molecular formula is C19H19NO3S. The summed E-state index contributed by atoms with van der Waals surface area (Å²) in [7, 11) is 1.57. The molecular weight excluding hydrogens is 322 g/mol. The van der Waals surface area contributed by atoms with Gasteiger partial charge < -0.3 is 14.8 Å². The zero-order chi connectivity index (χ0) is 17.2. The monoisotopic (exact) mass is 341 g/mol. The molecule has 1 N–H and O–H groups in total. The predicted octanol–water partition coefficient (Wildman–Crippen LogP) is 3.12. The number of hydrogen-bond acceptors (Lipinski definition) is 4. The molecule has 0 saturated heterocycles. The smallest absolute Gasteiger partial charge is 0.230 e. The molecule has 0 bridgehead atoms. The summed E-state index contributed by atoms with van der Waals surface area (Å²) < 4.78 is 10.7. The van der Waals surface area contributed by atoms with Crippen molar-refractivity contribution in [3.63, 3.8) is 0 Å². The fourth-order valence-corrected chi connectivity index (χ4v) is 2.73. The van der Waals surface area contributed by atoms with Gasteiger partial charge in [-0.2, -0.15) is 0 Å². The minimum atomic E-state index is -0.0181. The Kier molecular flexibility index (Phi) is 7.06. The first-order valence-corrected chi connectivity index (χ1v) is 8.39. The van der Waals surface area contributed by atoms with Crippen LogP contribution in [0, 0.1) is 12.3 Å². The number of nitrogens with one attached hydrogen (secondary N) is 1. The van der Waals surface area contributed by atoms with Gasteiger partial charge in [0.05, 0.1) is 12.9 Å². The molecule has 24 heavy (non-hydrogen) atoms. The molecule has 1 amide bonds. The van der Waals surface area contributed by atoms with Gasteiger partial charge in [0, 0.05) is 11.4 Å². The molecule has 0 saturated carbocycles. The van der Waals surface area contributed by atoms with Crippen molar-refractivity contribution in [1.82, 2.24) is 5.32 Å². The van der Waals surface area contributed by atoms with Gasteiger partial charge in [0.2, 0.25) is 5.91 Å². The van der Waals surface area contributed by atoms with Crippen LogP contribution in [0.2, 0.25) is 0 Å². The summed E-state index contributed by atoms with van der Waals surface area (Å²) in [6.45, 7) is 0.715. The number of carbonyl (C=O) groups excluding carboxylic acids is 1. The maximum Gasteiger partial charge on any atom is 0.230 e. The van der Waals surface area contributed by atoms with E-state index < -0.39 is 0 Å². The lowest BCUT2D eigenvalue weighted by Gasteiger charge is -2.10. The van der Waals surface area contributed by atoms with Gasteiger partial charge in [0.25, 0.3) is 0 Å². The van der Waals surface area contributed by atoms with Crippen molar-refractivity contribution in [2.45, 2.75) is 11.4 Å². The first-order chi connectivity index (χ1) is 11.7. The summed E-state index contributed by atoms with van der Waals surface area (Å²) >= 11 is 1.44. The molecule has 0 aliphatic carbocycles. The van der Waals surface area contributed by atoms with Crippen LogP contribution in [-0.2, 0) is 11.3 Å². The zero-order valence-electron chi connectivity index (χ0n) is 13.5. The van der Waals surface area contributed by atoms with Crippen molar-refractivity contribution in [3.8, 4) is 23.8 Å². The molecule has 0 unspecified atom stereocenters. The lowest BCUT2D eigenvalue weighted by atomic mass is 10.2. The molecule has 0 radical (unpaired) electrons. The molecule has 0 aliphatic rings. The fourth-order valence-electron chi connectivity index (χ4n) is 1.97. The highest BCUT2D eigenvalue weighted by Gasteiger charge is 2.08. The number of hydrogen-bond donors (Lipinski definition) is 1. The predicted molar refractivity (Wildman–Crippen MR) is 96.3 cm³/mol. The Morgan fingerprint density at radius 2 is 2.00 bits per heavy atom. The van der Waals surface area contributed by atoms with Crippen LogP contribution < -0.4 is 14.8 Å². The maximum absolute atomic E-state index is 11.9. The van der Waals surface area contributed by atoms with Gasteiger partial charge in [-0.15, -0.1) is 18.2 Å². The quantitative estimate of drug-likeness (QED) is 0.592. The van der Waals surface area contributed by atoms with E-state index in [2.05, 4.69) is 11.2 Å². The van der Waals surface area contributed by atoms with Crippen LogP contribution in [0.1, 0.15) is 5.56 Å². The van der Waals surface area contributed by atoms with E-state index >= 15 is 0 Å². The zero-order valence-corrected chi connectivity index (χ0v) is 14.3. The van der Waals surface area contributed by atoms with Crippen LogP contribution in [-0.4, -0.2) is 25.4 Å². The number of carbonyl (C=O) groups is 1. The van der Waals surface area contributed by atoms with E-state index in [1.54, 1.807) is 13.2 Å². The number of methoxy groups -OCH3 is 1. The summed E-state index contributed by atoms with van der Waals surface area (Å²) in [5.74, 6) is 3.92. The third-order valence-electron chi connectivity index (χ3n) is 3.15. The summed E-state index contributed by atoms with van der Waals surface area (Å²) in [5.41, 5.74) is 1.08. The Morgan fingerprint density at radius 3 is 2.71 bits per heavy atom. The second kappa shape index (κ2) is 9.53. The Labute approximate surface area is 146 Å². The van der Waals surface area contributed by atoms with Crippen molar-refractivity contribution in [2.24, 2.45) is 0 Å². The Bertz CT molecular complexity index is 710. The van der Waals surface area contributed by atoms with E-state index in [1.807, 2.05) is 42.5 Å². The number of thioether (sulfide) groups is 1. The second-order valence-electron chi connectivity index (χ2n) is 4.86. The standard InChI is InChI=1S/C19H19NO3S/c1-3-11-23-17-10-9-16(12-18(17)22-2)24-14-19(21)20-13-15-7-5-4-6-8-15/h1,4-10,12H,11,13-14H2,2H3,(H,20,21). The van der Waals surface area contributed by atoms with Gasteiger partial charge >= 0.3 is 0 Å². The number of rotatable bonds is 8. The Hall–Kier alpha value is -2.58. The highest BCUT2D eigenvalue weighted by molar-refractivity contribution is 8.00. The molecule has 2 aromatic rings. The average molecular weight is 341 g/mol. The SMILES string of the molecule is C#CCOc1ccc(SCC(=O)NCc2ccccc2)cc1OC. The molecule has 4 nitrogen and oxygen atoms in total. The molecule has 2 rings (SSSR count). The lowest BCUT2D eigenvalue weighted by molar-refractivity contribution is -0.118. The van der Waals surface area contributed by atoms with Crippen LogP contribution in [0.15, 0.2) is 53.4 Å². The highest BCUT2D eigenvalue weighted by atomic mass is 32.2. The summed E-state index contributed by atoms with van der Waals surface area (Å²) in [5, 5.41) is 2.90. The van der Waals surface area contributed by atoms with E-state index in [9.17, 15) is 4.79 Å².